The van der Waals surface area contributed by atoms with Crippen LogP contribution in [0.15, 0.2) is 36.4 Å². The van der Waals surface area contributed by atoms with Crippen LogP contribution in [-0.4, -0.2) is 9.55 Å². The van der Waals surface area contributed by atoms with E-state index >= 15 is 0 Å². The van der Waals surface area contributed by atoms with Crippen molar-refractivity contribution >= 4 is 28.8 Å². The molecule has 0 saturated carbocycles. The van der Waals surface area contributed by atoms with Gasteiger partial charge in [0.15, 0.2) is 0 Å². The number of hydrogen-bond acceptors (Lipinski definition) is 2. The van der Waals surface area contributed by atoms with E-state index in [2.05, 4.69) is 10.3 Å². The summed E-state index contributed by atoms with van der Waals surface area (Å²) in [6.45, 7) is 9.16. The van der Waals surface area contributed by atoms with Crippen LogP contribution >= 0.6 is 11.6 Å². The highest BCUT2D eigenvalue weighted by Crippen LogP contribution is 2.38. The summed E-state index contributed by atoms with van der Waals surface area (Å²) in [7, 11) is 0. The number of nitrogens with one attached hydrogen (secondary N) is 1. The second-order valence-electron chi connectivity index (χ2n) is 6.78. The molecule has 28 heavy (non-hydrogen) atoms. The van der Waals surface area contributed by atoms with Crippen LogP contribution in [-0.2, 0) is 0 Å². The van der Waals surface area contributed by atoms with Crippen molar-refractivity contribution in [2.24, 2.45) is 0 Å². The molecule has 1 heterocycles. The van der Waals surface area contributed by atoms with Crippen LogP contribution < -0.4 is 5.32 Å². The van der Waals surface area contributed by atoms with Gasteiger partial charge in [0.2, 0.25) is 0 Å². The third kappa shape index (κ3) is 3.54. The van der Waals surface area contributed by atoms with Gasteiger partial charge in [-0.2, -0.15) is 0 Å². The van der Waals surface area contributed by atoms with Crippen LogP contribution in [0.25, 0.3) is 17.0 Å². The van der Waals surface area contributed by atoms with E-state index in [1.54, 1.807) is 19.9 Å². The van der Waals surface area contributed by atoms with Crippen molar-refractivity contribution in [1.29, 1.82) is 0 Å². The van der Waals surface area contributed by atoms with Gasteiger partial charge in [-0.1, -0.05) is 29.8 Å². The van der Waals surface area contributed by atoms with Gasteiger partial charge in [0, 0.05) is 5.70 Å². The van der Waals surface area contributed by atoms with Crippen LogP contribution in [0.4, 0.5) is 20.3 Å². The molecule has 146 valence electrons. The molecular formula is C22H22ClF2N3. The Morgan fingerprint density at radius 3 is 2.36 bits per heavy atom. The summed E-state index contributed by atoms with van der Waals surface area (Å²) < 4.78 is 31.3. The Labute approximate surface area is 168 Å². The van der Waals surface area contributed by atoms with Crippen LogP contribution in [0.3, 0.4) is 0 Å². The van der Waals surface area contributed by atoms with E-state index in [9.17, 15) is 8.78 Å². The minimum atomic E-state index is -0.654. The Kier molecular flexibility index (Phi) is 5.57. The highest BCUT2D eigenvalue weighted by Gasteiger charge is 2.24. The highest BCUT2D eigenvalue weighted by molar-refractivity contribution is 6.33. The van der Waals surface area contributed by atoms with Crippen molar-refractivity contribution < 1.29 is 8.78 Å². The van der Waals surface area contributed by atoms with Crippen molar-refractivity contribution in [2.45, 2.75) is 34.6 Å². The third-order valence-corrected chi connectivity index (χ3v) is 5.02. The van der Waals surface area contributed by atoms with Gasteiger partial charge in [-0.25, -0.2) is 13.8 Å². The number of imidazole rings is 1. The first-order chi connectivity index (χ1) is 13.2. The van der Waals surface area contributed by atoms with E-state index in [4.69, 9.17) is 11.6 Å². The largest absolute Gasteiger partial charge is 0.338 e. The lowest BCUT2D eigenvalue weighted by atomic mass is 10.1. The quantitative estimate of drug-likeness (QED) is 0.508. The van der Waals surface area contributed by atoms with Crippen molar-refractivity contribution in [3.8, 4) is 11.3 Å². The Bertz CT molecular complexity index is 1040. The highest BCUT2D eigenvalue weighted by atomic mass is 35.5. The van der Waals surface area contributed by atoms with Gasteiger partial charge in [0.25, 0.3) is 0 Å². The van der Waals surface area contributed by atoms with Crippen molar-refractivity contribution in [2.75, 3.05) is 5.32 Å². The first kappa shape index (κ1) is 20.1. The lowest BCUT2D eigenvalue weighted by Gasteiger charge is -2.17. The Balaban J connectivity index is 2.31. The average Bonchev–Trinajstić information content (AvgIpc) is 2.92. The number of hydrogen-bond donors (Lipinski definition) is 1. The summed E-state index contributed by atoms with van der Waals surface area (Å²) in [4.78, 5) is 4.49. The lowest BCUT2D eigenvalue weighted by Crippen LogP contribution is -2.05. The zero-order chi connectivity index (χ0) is 20.6. The summed E-state index contributed by atoms with van der Waals surface area (Å²) in [5, 5.41) is 3.79. The summed E-state index contributed by atoms with van der Waals surface area (Å²) >= 11 is 6.38. The molecule has 0 aliphatic carbocycles. The molecule has 0 fully saturated rings. The van der Waals surface area contributed by atoms with Crippen LogP contribution in [0, 0.1) is 32.4 Å². The zero-order valence-corrected chi connectivity index (χ0v) is 17.2. The molecule has 3 rings (SSSR count). The lowest BCUT2D eigenvalue weighted by molar-refractivity contribution is 0.587. The summed E-state index contributed by atoms with van der Waals surface area (Å²) in [6, 6.07) is 8.14. The molecular weight excluding hydrogens is 380 g/mol. The fourth-order valence-corrected chi connectivity index (χ4v) is 3.49. The van der Waals surface area contributed by atoms with E-state index in [0.29, 0.717) is 27.9 Å². The molecule has 0 amide bonds. The van der Waals surface area contributed by atoms with Gasteiger partial charge in [0.1, 0.15) is 29.0 Å². The molecule has 0 aliphatic heterocycles. The van der Waals surface area contributed by atoms with Crippen molar-refractivity contribution in [3.63, 3.8) is 0 Å². The minimum absolute atomic E-state index is 0.163. The minimum Gasteiger partial charge on any atom is -0.338 e. The second kappa shape index (κ2) is 7.76. The molecule has 0 saturated heterocycles. The van der Waals surface area contributed by atoms with Crippen molar-refractivity contribution in [3.05, 3.63) is 70.0 Å². The summed E-state index contributed by atoms with van der Waals surface area (Å²) in [6.07, 6.45) is 1.91. The number of allylic oxidation sites excluding steroid dienone is 2. The van der Waals surface area contributed by atoms with Crippen molar-refractivity contribution in [1.82, 2.24) is 9.55 Å². The number of halogens is 3. The number of aryl methyl sites for hydroxylation is 3. The monoisotopic (exact) mass is 401 g/mol. The molecule has 0 aliphatic rings. The summed E-state index contributed by atoms with van der Waals surface area (Å²) in [5.41, 5.74) is 3.00. The summed E-state index contributed by atoms with van der Waals surface area (Å²) in [5.74, 6) is -0.235. The predicted molar refractivity (Wildman–Crippen MR) is 112 cm³/mol. The van der Waals surface area contributed by atoms with E-state index in [1.165, 1.54) is 12.1 Å². The maximum Gasteiger partial charge on any atom is 0.143 e. The van der Waals surface area contributed by atoms with E-state index in [1.807, 2.05) is 43.5 Å². The van der Waals surface area contributed by atoms with E-state index < -0.39 is 11.6 Å². The average molecular weight is 402 g/mol. The topological polar surface area (TPSA) is 29.9 Å². The molecule has 6 heteroatoms. The molecule has 0 unspecified atom stereocenters. The number of rotatable bonds is 4. The Morgan fingerprint density at radius 1 is 1.14 bits per heavy atom. The van der Waals surface area contributed by atoms with Gasteiger partial charge in [-0.3, -0.25) is 4.57 Å². The fraction of sp³-hybridized carbons (Fsp3) is 0.227. The van der Waals surface area contributed by atoms with E-state index in [0.717, 1.165) is 11.3 Å². The normalized spacial score (nSPS) is 11.8. The SMILES string of the molecule is C/C=C(/C)n1c(C)nc(-c2c(F)cc(C)cc2F)c1Nc1c(C)cccc1Cl. The van der Waals surface area contributed by atoms with Gasteiger partial charge in [-0.05, 0) is 63.9 Å². The van der Waals surface area contributed by atoms with Gasteiger partial charge < -0.3 is 5.32 Å². The third-order valence-electron chi connectivity index (χ3n) is 4.70. The van der Waals surface area contributed by atoms with Gasteiger partial charge in [-0.15, -0.1) is 0 Å². The maximum atomic E-state index is 14.7. The maximum absolute atomic E-state index is 14.7. The zero-order valence-electron chi connectivity index (χ0n) is 16.5. The molecule has 0 atom stereocenters. The molecule has 1 aromatic heterocycles. The first-order valence-corrected chi connectivity index (χ1v) is 9.33. The molecule has 0 spiro atoms. The standard InChI is InChI=1S/C22H22ClF2N3/c1-6-14(4)28-15(5)26-21(19-17(24)10-12(2)11-18(19)25)22(28)27-20-13(3)8-7-9-16(20)23/h6-11,27H,1-5H3/b14-6-. The fourth-order valence-electron chi connectivity index (χ4n) is 3.22. The molecule has 2 aromatic carbocycles. The van der Waals surface area contributed by atoms with Crippen LogP contribution in [0.1, 0.15) is 30.8 Å². The number of anilines is 2. The predicted octanol–water partition coefficient (Wildman–Crippen LogP) is 7.03. The smallest absolute Gasteiger partial charge is 0.143 e. The van der Waals surface area contributed by atoms with E-state index in [-0.39, 0.29) is 11.3 Å². The Hall–Kier alpha value is -2.66. The number of benzene rings is 2. The first-order valence-electron chi connectivity index (χ1n) is 8.95. The molecule has 3 aromatic rings. The van der Waals surface area contributed by atoms with Crippen LogP contribution in [0.2, 0.25) is 5.02 Å². The number of nitrogens with zero attached hydrogens (tertiary/aromatic N) is 2. The second-order valence-corrected chi connectivity index (χ2v) is 7.19. The molecule has 1 N–H and O–H groups in total. The molecule has 0 radical (unpaired) electrons. The number of aromatic nitrogens is 2. The molecule has 0 bridgehead atoms. The van der Waals surface area contributed by atoms with Gasteiger partial charge >= 0.3 is 0 Å². The van der Waals surface area contributed by atoms with Gasteiger partial charge in [0.05, 0.1) is 16.3 Å². The Morgan fingerprint density at radius 2 is 1.79 bits per heavy atom. The van der Waals surface area contributed by atoms with Crippen LogP contribution in [0.5, 0.6) is 0 Å². The number of para-hydroxylation sites is 1. The molecule has 3 nitrogen and oxygen atoms in total.